The normalized spacial score (nSPS) is 11.6. The van der Waals surface area contributed by atoms with Gasteiger partial charge in [0.1, 0.15) is 0 Å². The maximum Gasteiger partial charge on any atom is 0.304 e. The Morgan fingerprint density at radius 1 is 1.35 bits per heavy atom. The van der Waals surface area contributed by atoms with E-state index in [0.29, 0.717) is 0 Å². The molecule has 1 rings (SSSR count). The van der Waals surface area contributed by atoms with Crippen molar-refractivity contribution >= 4 is 17.7 Å². The van der Waals surface area contributed by atoms with Crippen molar-refractivity contribution in [3.8, 4) is 0 Å². The van der Waals surface area contributed by atoms with Crippen LogP contribution in [0.3, 0.4) is 0 Å². The molecule has 1 N–H and O–H groups in total. The van der Waals surface area contributed by atoms with Crippen LogP contribution in [0.4, 0.5) is 0 Å². The summed E-state index contributed by atoms with van der Waals surface area (Å²) in [5.74, 6) is -0.749. The number of aliphatic carboxylic acids is 1. The third kappa shape index (κ3) is 3.25. The van der Waals surface area contributed by atoms with E-state index in [4.69, 9.17) is 5.11 Å². The maximum atomic E-state index is 10.9. The van der Waals surface area contributed by atoms with Crippen molar-refractivity contribution in [2.24, 2.45) is 0 Å². The molecule has 17 heavy (non-hydrogen) atoms. The van der Waals surface area contributed by atoms with Crippen LogP contribution in [-0.4, -0.2) is 17.3 Å². The average Bonchev–Trinajstić information content (AvgIpc) is 2.19. The number of benzene rings is 1. The number of hydrogen-bond acceptors (Lipinski definition) is 2. The molecule has 3 heteroatoms. The molecule has 0 atom stereocenters. The molecule has 94 valence electrons. The van der Waals surface area contributed by atoms with Gasteiger partial charge in [0.05, 0.1) is 6.42 Å². The van der Waals surface area contributed by atoms with E-state index in [1.807, 2.05) is 20.1 Å². The van der Waals surface area contributed by atoms with Crippen LogP contribution in [0, 0.1) is 13.8 Å². The van der Waals surface area contributed by atoms with Crippen LogP contribution in [0.25, 0.3) is 0 Å². The topological polar surface area (TPSA) is 37.3 Å². The van der Waals surface area contributed by atoms with Crippen molar-refractivity contribution in [1.82, 2.24) is 0 Å². The lowest BCUT2D eigenvalue weighted by Crippen LogP contribution is -2.23. The highest BCUT2D eigenvalue weighted by atomic mass is 32.2. The highest BCUT2D eigenvalue weighted by Crippen LogP contribution is 2.34. The van der Waals surface area contributed by atoms with Crippen LogP contribution in [-0.2, 0) is 10.2 Å². The summed E-state index contributed by atoms with van der Waals surface area (Å²) in [5.41, 5.74) is 3.25. The molecule has 0 saturated carbocycles. The number of thioether (sulfide) groups is 1. The summed E-state index contributed by atoms with van der Waals surface area (Å²) in [6.07, 6.45) is 2.20. The van der Waals surface area contributed by atoms with Gasteiger partial charge in [0.25, 0.3) is 0 Å². The molecular weight excluding hydrogens is 232 g/mol. The van der Waals surface area contributed by atoms with Gasteiger partial charge in [-0.3, -0.25) is 4.79 Å². The third-order valence-electron chi connectivity index (χ3n) is 3.20. The van der Waals surface area contributed by atoms with Gasteiger partial charge in [0, 0.05) is 10.3 Å². The third-order valence-corrected chi connectivity index (χ3v) is 3.91. The number of carboxylic acid groups (broad SMARTS) is 1. The van der Waals surface area contributed by atoms with Gasteiger partial charge in [-0.15, -0.1) is 11.8 Å². The molecule has 0 unspecified atom stereocenters. The van der Waals surface area contributed by atoms with E-state index >= 15 is 0 Å². The minimum Gasteiger partial charge on any atom is -0.481 e. The van der Waals surface area contributed by atoms with Crippen LogP contribution in [0.1, 0.15) is 37.0 Å². The Balaban J connectivity index is 3.28. The number of carbonyl (C=O) groups is 1. The molecule has 0 heterocycles. The molecule has 0 spiro atoms. The first-order chi connectivity index (χ1) is 7.77. The Bertz CT molecular complexity index is 436. The second-order valence-electron chi connectivity index (χ2n) is 5.07. The molecule has 0 aliphatic carbocycles. The molecule has 0 aromatic heterocycles. The van der Waals surface area contributed by atoms with E-state index < -0.39 is 5.97 Å². The maximum absolute atomic E-state index is 10.9. The van der Waals surface area contributed by atoms with Crippen LogP contribution < -0.4 is 0 Å². The fourth-order valence-electron chi connectivity index (χ4n) is 2.12. The smallest absolute Gasteiger partial charge is 0.304 e. The highest BCUT2D eigenvalue weighted by molar-refractivity contribution is 7.98. The first-order valence-electron chi connectivity index (χ1n) is 5.65. The van der Waals surface area contributed by atoms with Crippen molar-refractivity contribution in [2.75, 3.05) is 6.26 Å². The van der Waals surface area contributed by atoms with Crippen LogP contribution in [0.2, 0.25) is 0 Å². The van der Waals surface area contributed by atoms with E-state index in [-0.39, 0.29) is 11.8 Å². The largest absolute Gasteiger partial charge is 0.481 e. The molecule has 0 amide bonds. The first kappa shape index (κ1) is 14.1. The zero-order valence-electron chi connectivity index (χ0n) is 11.1. The van der Waals surface area contributed by atoms with Crippen LogP contribution in [0.15, 0.2) is 17.0 Å². The second kappa shape index (κ2) is 5.13. The Morgan fingerprint density at radius 3 is 2.41 bits per heavy atom. The lowest BCUT2D eigenvalue weighted by Gasteiger charge is -2.27. The summed E-state index contributed by atoms with van der Waals surface area (Å²) in [6, 6.07) is 4.27. The van der Waals surface area contributed by atoms with Gasteiger partial charge in [-0.2, -0.15) is 0 Å². The summed E-state index contributed by atoms with van der Waals surface area (Å²) < 4.78 is 0. The molecule has 1 aromatic carbocycles. The molecular formula is C14H20O2S. The molecule has 0 bridgehead atoms. The first-order valence-corrected chi connectivity index (χ1v) is 6.88. The molecule has 0 aliphatic heterocycles. The molecule has 0 aliphatic rings. The van der Waals surface area contributed by atoms with Crippen molar-refractivity contribution in [3.05, 3.63) is 28.8 Å². The van der Waals surface area contributed by atoms with E-state index in [9.17, 15) is 4.79 Å². The van der Waals surface area contributed by atoms with E-state index in [1.165, 1.54) is 16.0 Å². The summed E-state index contributed by atoms with van der Waals surface area (Å²) in [7, 11) is 0. The van der Waals surface area contributed by atoms with Gasteiger partial charge in [-0.1, -0.05) is 13.8 Å². The lowest BCUT2D eigenvalue weighted by molar-refractivity contribution is -0.138. The van der Waals surface area contributed by atoms with Crippen LogP contribution >= 0.6 is 11.8 Å². The standard InChI is InChI=1S/C14H20O2S/c1-9-6-11(17-5)7-12(10(9)2)14(3,4)8-13(15)16/h6-7H,8H2,1-5H3,(H,15,16). The van der Waals surface area contributed by atoms with Gasteiger partial charge in [0.15, 0.2) is 0 Å². The number of aryl methyl sites for hydroxylation is 1. The number of hydrogen-bond donors (Lipinski definition) is 1. The minimum atomic E-state index is -0.749. The van der Waals surface area contributed by atoms with Crippen LogP contribution in [0.5, 0.6) is 0 Å². The average molecular weight is 252 g/mol. The zero-order chi connectivity index (χ0) is 13.2. The summed E-state index contributed by atoms with van der Waals surface area (Å²) in [6.45, 7) is 8.13. The number of carboxylic acids is 1. The summed E-state index contributed by atoms with van der Waals surface area (Å²) in [5, 5.41) is 8.99. The summed E-state index contributed by atoms with van der Waals surface area (Å²) >= 11 is 1.69. The van der Waals surface area contributed by atoms with Gasteiger partial charge in [-0.05, 0) is 48.9 Å². The van der Waals surface area contributed by atoms with Gasteiger partial charge >= 0.3 is 5.97 Å². The molecule has 0 fully saturated rings. The highest BCUT2D eigenvalue weighted by Gasteiger charge is 2.26. The van der Waals surface area contributed by atoms with Crippen molar-refractivity contribution < 1.29 is 9.90 Å². The number of rotatable bonds is 4. The van der Waals surface area contributed by atoms with E-state index in [1.54, 1.807) is 11.8 Å². The predicted molar refractivity (Wildman–Crippen MR) is 73.0 cm³/mol. The second-order valence-corrected chi connectivity index (χ2v) is 5.95. The van der Waals surface area contributed by atoms with Crippen molar-refractivity contribution in [2.45, 2.75) is 44.4 Å². The summed E-state index contributed by atoms with van der Waals surface area (Å²) in [4.78, 5) is 12.1. The van der Waals surface area contributed by atoms with E-state index in [2.05, 4.69) is 26.0 Å². The van der Waals surface area contributed by atoms with Gasteiger partial charge in [0.2, 0.25) is 0 Å². The fraction of sp³-hybridized carbons (Fsp3) is 0.500. The lowest BCUT2D eigenvalue weighted by atomic mass is 9.78. The Labute approximate surface area is 107 Å². The van der Waals surface area contributed by atoms with Gasteiger partial charge in [-0.25, -0.2) is 0 Å². The molecule has 1 aromatic rings. The van der Waals surface area contributed by atoms with Crippen molar-refractivity contribution in [1.29, 1.82) is 0 Å². The van der Waals surface area contributed by atoms with E-state index in [0.717, 1.165) is 5.56 Å². The predicted octanol–water partition coefficient (Wildman–Crippen LogP) is 3.78. The SMILES string of the molecule is CSc1cc(C)c(C)c(C(C)(C)CC(=O)O)c1. The minimum absolute atomic E-state index is 0.158. The van der Waals surface area contributed by atoms with Crippen molar-refractivity contribution in [3.63, 3.8) is 0 Å². The fourth-order valence-corrected chi connectivity index (χ4v) is 2.65. The Morgan fingerprint density at radius 2 is 1.94 bits per heavy atom. The quantitative estimate of drug-likeness (QED) is 0.829. The molecule has 2 nitrogen and oxygen atoms in total. The Hall–Kier alpha value is -0.960. The molecule has 0 radical (unpaired) electrons. The monoisotopic (exact) mass is 252 g/mol. The molecule has 0 saturated heterocycles. The zero-order valence-corrected chi connectivity index (χ0v) is 11.9. The Kier molecular flexibility index (Phi) is 4.26. The van der Waals surface area contributed by atoms with Gasteiger partial charge < -0.3 is 5.11 Å².